The van der Waals surface area contributed by atoms with Crippen LogP contribution in [-0.4, -0.2) is 39.9 Å². The maximum absolute atomic E-state index is 12.0. The number of nitrogens with zero attached hydrogens (tertiary/aromatic N) is 2. The topological polar surface area (TPSA) is 64.1 Å². The van der Waals surface area contributed by atoms with E-state index < -0.39 is 5.54 Å². The minimum absolute atomic E-state index is 0.188. The molecule has 20 heavy (non-hydrogen) atoms. The van der Waals surface area contributed by atoms with Crippen molar-refractivity contribution in [2.75, 3.05) is 7.11 Å². The highest BCUT2D eigenvalue weighted by atomic mass is 32.2. The molecule has 1 aromatic heterocycles. The summed E-state index contributed by atoms with van der Waals surface area (Å²) in [4.78, 5) is 20.4. The number of carbonyl (C=O) groups excluding carboxylic acids is 1. The number of thioether (sulfide) groups is 1. The Bertz CT molecular complexity index is 428. The maximum atomic E-state index is 12.0. The first-order valence-electron chi connectivity index (χ1n) is 6.67. The molecule has 0 saturated carbocycles. The second kappa shape index (κ2) is 7.59. The van der Waals surface area contributed by atoms with Crippen LogP contribution in [0.15, 0.2) is 23.6 Å². The molecule has 0 saturated heterocycles. The van der Waals surface area contributed by atoms with Crippen molar-refractivity contribution in [3.05, 3.63) is 18.5 Å². The number of aromatic nitrogens is 2. The molecule has 2 atom stereocenters. The molecular weight excluding hydrogens is 274 g/mol. The van der Waals surface area contributed by atoms with Gasteiger partial charge in [0.2, 0.25) is 0 Å². The van der Waals surface area contributed by atoms with Gasteiger partial charge in [0.1, 0.15) is 5.54 Å². The van der Waals surface area contributed by atoms with Gasteiger partial charge in [-0.1, -0.05) is 18.7 Å². The SMILES string of the molecule is COC(=O)C(C)(CC(C)Sc1ncccn1)NC(C)C. The van der Waals surface area contributed by atoms with E-state index in [1.807, 2.05) is 20.8 Å². The molecule has 0 aliphatic heterocycles. The fraction of sp³-hybridized carbons (Fsp3) is 0.643. The van der Waals surface area contributed by atoms with Crippen LogP contribution in [0, 0.1) is 0 Å². The molecule has 0 amide bonds. The van der Waals surface area contributed by atoms with E-state index in [2.05, 4.69) is 22.2 Å². The Labute approximate surface area is 124 Å². The maximum Gasteiger partial charge on any atom is 0.325 e. The van der Waals surface area contributed by atoms with E-state index in [-0.39, 0.29) is 17.3 Å². The summed E-state index contributed by atoms with van der Waals surface area (Å²) in [6, 6.07) is 1.98. The van der Waals surface area contributed by atoms with Gasteiger partial charge in [0.05, 0.1) is 7.11 Å². The molecule has 5 nitrogen and oxygen atoms in total. The molecule has 0 aromatic carbocycles. The lowest BCUT2D eigenvalue weighted by Gasteiger charge is -2.32. The predicted octanol–water partition coefficient (Wildman–Crippen LogP) is 2.28. The predicted molar refractivity (Wildman–Crippen MR) is 80.7 cm³/mol. The quantitative estimate of drug-likeness (QED) is 0.473. The van der Waals surface area contributed by atoms with Gasteiger partial charge in [0.25, 0.3) is 0 Å². The van der Waals surface area contributed by atoms with Crippen molar-refractivity contribution in [3.8, 4) is 0 Å². The summed E-state index contributed by atoms with van der Waals surface area (Å²) in [6.45, 7) is 7.96. The number of esters is 1. The minimum Gasteiger partial charge on any atom is -0.468 e. The van der Waals surface area contributed by atoms with Crippen LogP contribution in [0.4, 0.5) is 0 Å². The van der Waals surface area contributed by atoms with Crippen LogP contribution in [0.25, 0.3) is 0 Å². The van der Waals surface area contributed by atoms with Crippen LogP contribution < -0.4 is 5.32 Å². The molecule has 0 radical (unpaired) electrons. The molecule has 0 bridgehead atoms. The summed E-state index contributed by atoms with van der Waals surface area (Å²) in [5, 5.41) is 4.20. The van der Waals surface area contributed by atoms with Crippen molar-refractivity contribution < 1.29 is 9.53 Å². The smallest absolute Gasteiger partial charge is 0.325 e. The zero-order valence-electron chi connectivity index (χ0n) is 12.7. The van der Waals surface area contributed by atoms with Gasteiger partial charge in [-0.05, 0) is 33.3 Å². The van der Waals surface area contributed by atoms with Gasteiger partial charge in [-0.2, -0.15) is 0 Å². The molecule has 1 heterocycles. The normalized spacial score (nSPS) is 15.7. The Kier molecular flexibility index (Phi) is 6.42. The summed E-state index contributed by atoms with van der Waals surface area (Å²) in [5.41, 5.74) is -0.704. The zero-order chi connectivity index (χ0) is 15.2. The minimum atomic E-state index is -0.704. The molecule has 1 N–H and O–H groups in total. The van der Waals surface area contributed by atoms with Gasteiger partial charge in [-0.25, -0.2) is 9.97 Å². The summed E-state index contributed by atoms with van der Waals surface area (Å²) < 4.78 is 4.93. The Balaban J connectivity index is 2.71. The Morgan fingerprint density at radius 1 is 1.40 bits per heavy atom. The number of nitrogens with one attached hydrogen (secondary N) is 1. The fourth-order valence-corrected chi connectivity index (χ4v) is 3.23. The number of ether oxygens (including phenoxy) is 1. The Morgan fingerprint density at radius 2 is 2.00 bits per heavy atom. The van der Waals surface area contributed by atoms with Gasteiger partial charge in [0.15, 0.2) is 5.16 Å². The van der Waals surface area contributed by atoms with Crippen molar-refractivity contribution in [2.45, 2.75) is 56.1 Å². The lowest BCUT2D eigenvalue weighted by atomic mass is 9.95. The van der Waals surface area contributed by atoms with E-state index in [0.717, 1.165) is 5.16 Å². The third-order valence-corrected chi connectivity index (χ3v) is 3.78. The van der Waals surface area contributed by atoms with Crippen LogP contribution in [0.5, 0.6) is 0 Å². The van der Waals surface area contributed by atoms with Crippen molar-refractivity contribution in [3.63, 3.8) is 0 Å². The summed E-state index contributed by atoms with van der Waals surface area (Å²) in [6.07, 6.45) is 4.07. The highest BCUT2D eigenvalue weighted by molar-refractivity contribution is 7.99. The van der Waals surface area contributed by atoms with E-state index >= 15 is 0 Å². The van der Waals surface area contributed by atoms with Gasteiger partial charge in [0, 0.05) is 23.7 Å². The molecule has 0 spiro atoms. The van der Waals surface area contributed by atoms with Crippen LogP contribution in [0.3, 0.4) is 0 Å². The molecular formula is C14H23N3O2S. The van der Waals surface area contributed by atoms with Crippen LogP contribution in [0.2, 0.25) is 0 Å². The average Bonchev–Trinajstić information content (AvgIpc) is 2.37. The lowest BCUT2D eigenvalue weighted by Crippen LogP contribution is -2.54. The number of hydrogen-bond acceptors (Lipinski definition) is 6. The number of rotatable bonds is 7. The third kappa shape index (κ3) is 5.09. The van der Waals surface area contributed by atoms with Crippen molar-refractivity contribution >= 4 is 17.7 Å². The van der Waals surface area contributed by atoms with Gasteiger partial charge >= 0.3 is 5.97 Å². The van der Waals surface area contributed by atoms with E-state index in [9.17, 15) is 4.79 Å². The van der Waals surface area contributed by atoms with Crippen molar-refractivity contribution in [2.24, 2.45) is 0 Å². The van der Waals surface area contributed by atoms with E-state index in [1.165, 1.54) is 7.11 Å². The van der Waals surface area contributed by atoms with Crippen molar-refractivity contribution in [1.29, 1.82) is 0 Å². The highest BCUT2D eigenvalue weighted by Crippen LogP contribution is 2.27. The largest absolute Gasteiger partial charge is 0.468 e. The van der Waals surface area contributed by atoms with E-state index in [1.54, 1.807) is 30.2 Å². The summed E-state index contributed by atoms with van der Waals surface area (Å²) >= 11 is 1.56. The number of carbonyl (C=O) groups is 1. The Morgan fingerprint density at radius 3 is 2.50 bits per heavy atom. The molecule has 1 aromatic rings. The molecule has 0 fully saturated rings. The summed E-state index contributed by atoms with van der Waals surface area (Å²) in [5.74, 6) is -0.243. The second-order valence-corrected chi connectivity index (χ2v) is 6.69. The molecule has 2 unspecified atom stereocenters. The molecule has 1 rings (SSSR count). The lowest BCUT2D eigenvalue weighted by molar-refractivity contribution is -0.148. The van der Waals surface area contributed by atoms with Gasteiger partial charge in [-0.3, -0.25) is 10.1 Å². The first-order chi connectivity index (χ1) is 9.37. The fourth-order valence-electron chi connectivity index (χ4n) is 2.21. The molecule has 0 aliphatic carbocycles. The van der Waals surface area contributed by atoms with Crippen LogP contribution in [-0.2, 0) is 9.53 Å². The highest BCUT2D eigenvalue weighted by Gasteiger charge is 2.36. The Hall–Kier alpha value is -1.14. The van der Waals surface area contributed by atoms with Crippen LogP contribution >= 0.6 is 11.8 Å². The first kappa shape index (κ1) is 16.9. The van der Waals surface area contributed by atoms with Crippen LogP contribution in [0.1, 0.15) is 34.1 Å². The zero-order valence-corrected chi connectivity index (χ0v) is 13.5. The molecule has 0 aliphatic rings. The molecule has 112 valence electrons. The first-order valence-corrected chi connectivity index (χ1v) is 7.55. The molecule has 6 heteroatoms. The second-order valence-electron chi connectivity index (χ2n) is 5.29. The van der Waals surface area contributed by atoms with E-state index in [0.29, 0.717) is 6.42 Å². The monoisotopic (exact) mass is 297 g/mol. The van der Waals surface area contributed by atoms with Gasteiger partial charge in [-0.15, -0.1) is 0 Å². The summed E-state index contributed by atoms with van der Waals surface area (Å²) in [7, 11) is 1.42. The van der Waals surface area contributed by atoms with E-state index in [4.69, 9.17) is 4.74 Å². The average molecular weight is 297 g/mol. The third-order valence-electron chi connectivity index (χ3n) is 2.79. The standard InChI is InChI=1S/C14H23N3O2S/c1-10(2)17-14(4,12(18)19-5)9-11(3)20-13-15-7-6-8-16-13/h6-8,10-11,17H,9H2,1-5H3. The number of methoxy groups -OCH3 is 1. The number of hydrogen-bond donors (Lipinski definition) is 1. The van der Waals surface area contributed by atoms with Gasteiger partial charge < -0.3 is 4.74 Å². The van der Waals surface area contributed by atoms with Crippen molar-refractivity contribution in [1.82, 2.24) is 15.3 Å².